The van der Waals surface area contributed by atoms with Crippen molar-refractivity contribution in [3.05, 3.63) is 22.4 Å². The molecule has 0 spiro atoms. The zero-order valence-corrected chi connectivity index (χ0v) is 10.7. The highest BCUT2D eigenvalue weighted by Gasteiger charge is 2.28. The second kappa shape index (κ2) is 7.01. The Labute approximate surface area is 104 Å². The van der Waals surface area contributed by atoms with Gasteiger partial charge in [0.05, 0.1) is 0 Å². The summed E-state index contributed by atoms with van der Waals surface area (Å²) >= 11 is 1.58. The number of alkyl halides is 3. The van der Waals surface area contributed by atoms with E-state index in [1.165, 1.54) is 0 Å². The van der Waals surface area contributed by atoms with Crippen LogP contribution in [0.3, 0.4) is 0 Å². The van der Waals surface area contributed by atoms with Crippen LogP contribution in [0.2, 0.25) is 0 Å². The highest BCUT2D eigenvalue weighted by molar-refractivity contribution is 7.07. The minimum Gasteiger partial charge on any atom is -0.314 e. The lowest BCUT2D eigenvalue weighted by molar-refractivity contribution is -0.136. The lowest BCUT2D eigenvalue weighted by Crippen LogP contribution is -2.33. The first-order valence-electron chi connectivity index (χ1n) is 5.82. The average Bonchev–Trinajstić information content (AvgIpc) is 2.73. The standard InChI is InChI=1S/C12H18F3NS/c1-2-6-16-11(3-5-12(13,14)15)8-10-4-7-17-9-10/h4,7,9,11,16H,2-3,5-6,8H2,1H3. The van der Waals surface area contributed by atoms with Crippen LogP contribution in [0.1, 0.15) is 31.7 Å². The summed E-state index contributed by atoms with van der Waals surface area (Å²) in [4.78, 5) is 0. The van der Waals surface area contributed by atoms with Gasteiger partial charge in [-0.1, -0.05) is 6.92 Å². The van der Waals surface area contributed by atoms with Gasteiger partial charge in [0.15, 0.2) is 0 Å². The van der Waals surface area contributed by atoms with E-state index in [2.05, 4.69) is 5.32 Å². The molecule has 1 unspecified atom stereocenters. The molecule has 1 aromatic heterocycles. The molecule has 0 fully saturated rings. The molecule has 0 aromatic carbocycles. The summed E-state index contributed by atoms with van der Waals surface area (Å²) < 4.78 is 36.6. The predicted octanol–water partition coefficient (Wildman–Crippen LogP) is 4.00. The number of thiophene rings is 1. The Kier molecular flexibility index (Phi) is 5.98. The Morgan fingerprint density at radius 3 is 2.71 bits per heavy atom. The molecule has 0 aliphatic heterocycles. The van der Waals surface area contributed by atoms with Gasteiger partial charge >= 0.3 is 6.18 Å². The molecule has 1 heterocycles. The smallest absolute Gasteiger partial charge is 0.314 e. The van der Waals surface area contributed by atoms with Crippen molar-refractivity contribution in [2.24, 2.45) is 0 Å². The Morgan fingerprint density at radius 1 is 1.41 bits per heavy atom. The van der Waals surface area contributed by atoms with Crippen molar-refractivity contribution in [3.63, 3.8) is 0 Å². The van der Waals surface area contributed by atoms with E-state index in [9.17, 15) is 13.2 Å². The van der Waals surface area contributed by atoms with Gasteiger partial charge in [0.2, 0.25) is 0 Å². The van der Waals surface area contributed by atoms with Gasteiger partial charge < -0.3 is 5.32 Å². The third-order valence-corrected chi connectivity index (χ3v) is 3.25. The maximum absolute atomic E-state index is 12.2. The zero-order chi connectivity index (χ0) is 12.7. The van der Waals surface area contributed by atoms with Crippen molar-refractivity contribution in [1.82, 2.24) is 5.32 Å². The van der Waals surface area contributed by atoms with Gasteiger partial charge in [0, 0.05) is 12.5 Å². The molecule has 0 saturated heterocycles. The normalized spacial score (nSPS) is 13.9. The molecule has 17 heavy (non-hydrogen) atoms. The number of rotatable bonds is 7. The monoisotopic (exact) mass is 265 g/mol. The molecule has 0 bridgehead atoms. The number of hydrogen-bond acceptors (Lipinski definition) is 2. The summed E-state index contributed by atoms with van der Waals surface area (Å²) in [6, 6.07) is 1.89. The van der Waals surface area contributed by atoms with Crippen LogP contribution in [0, 0.1) is 0 Å². The number of hydrogen-bond donors (Lipinski definition) is 1. The minimum absolute atomic E-state index is 0.0776. The fraction of sp³-hybridized carbons (Fsp3) is 0.667. The molecule has 0 aliphatic rings. The van der Waals surface area contributed by atoms with E-state index in [1.54, 1.807) is 11.3 Å². The van der Waals surface area contributed by atoms with Crippen LogP contribution < -0.4 is 5.32 Å². The Bertz CT molecular complexity index is 295. The first-order chi connectivity index (χ1) is 8.01. The fourth-order valence-electron chi connectivity index (χ4n) is 1.66. The maximum atomic E-state index is 12.2. The molecule has 0 radical (unpaired) electrons. The second-order valence-electron chi connectivity index (χ2n) is 4.14. The third-order valence-electron chi connectivity index (χ3n) is 2.52. The van der Waals surface area contributed by atoms with Crippen LogP contribution in [0.4, 0.5) is 13.2 Å². The zero-order valence-electron chi connectivity index (χ0n) is 9.89. The maximum Gasteiger partial charge on any atom is 0.389 e. The lowest BCUT2D eigenvalue weighted by Gasteiger charge is -2.18. The van der Waals surface area contributed by atoms with Crippen LogP contribution >= 0.6 is 11.3 Å². The van der Waals surface area contributed by atoms with Crippen molar-refractivity contribution in [1.29, 1.82) is 0 Å². The molecule has 0 amide bonds. The topological polar surface area (TPSA) is 12.0 Å². The van der Waals surface area contributed by atoms with E-state index in [0.717, 1.165) is 18.5 Å². The van der Waals surface area contributed by atoms with Crippen LogP contribution in [0.25, 0.3) is 0 Å². The quantitative estimate of drug-likeness (QED) is 0.785. The Hall–Kier alpha value is -0.550. The fourth-order valence-corrected chi connectivity index (χ4v) is 2.34. The van der Waals surface area contributed by atoms with Gasteiger partial charge in [0.25, 0.3) is 0 Å². The summed E-state index contributed by atoms with van der Waals surface area (Å²) in [6.45, 7) is 2.78. The van der Waals surface area contributed by atoms with E-state index >= 15 is 0 Å². The lowest BCUT2D eigenvalue weighted by atomic mass is 10.0. The summed E-state index contributed by atoms with van der Waals surface area (Å²) in [6.07, 6.45) is -3.00. The highest BCUT2D eigenvalue weighted by Crippen LogP contribution is 2.23. The van der Waals surface area contributed by atoms with Crippen LogP contribution in [0.15, 0.2) is 16.8 Å². The van der Waals surface area contributed by atoms with Crippen molar-refractivity contribution in [3.8, 4) is 0 Å². The van der Waals surface area contributed by atoms with Crippen molar-refractivity contribution < 1.29 is 13.2 Å². The van der Waals surface area contributed by atoms with E-state index in [4.69, 9.17) is 0 Å². The van der Waals surface area contributed by atoms with E-state index < -0.39 is 12.6 Å². The average molecular weight is 265 g/mol. The molecule has 0 aliphatic carbocycles. The molecule has 1 N–H and O–H groups in total. The van der Waals surface area contributed by atoms with Crippen molar-refractivity contribution >= 4 is 11.3 Å². The minimum atomic E-state index is -4.05. The molecule has 98 valence electrons. The first-order valence-corrected chi connectivity index (χ1v) is 6.76. The van der Waals surface area contributed by atoms with Gasteiger partial charge in [-0.3, -0.25) is 0 Å². The molecule has 1 aromatic rings. The number of nitrogens with one attached hydrogen (secondary N) is 1. The summed E-state index contributed by atoms with van der Waals surface area (Å²) in [7, 11) is 0. The van der Waals surface area contributed by atoms with Crippen LogP contribution in [-0.4, -0.2) is 18.8 Å². The van der Waals surface area contributed by atoms with Crippen molar-refractivity contribution in [2.75, 3.05) is 6.54 Å². The summed E-state index contributed by atoms with van der Waals surface area (Å²) in [5.41, 5.74) is 1.12. The van der Waals surface area contributed by atoms with Gasteiger partial charge in [-0.25, -0.2) is 0 Å². The molecule has 1 nitrogen and oxygen atoms in total. The highest BCUT2D eigenvalue weighted by atomic mass is 32.1. The van der Waals surface area contributed by atoms with E-state index in [0.29, 0.717) is 6.42 Å². The number of halogens is 3. The molecule has 1 rings (SSSR count). The first kappa shape index (κ1) is 14.5. The molecule has 5 heteroatoms. The molecule has 1 atom stereocenters. The molecular weight excluding hydrogens is 247 g/mol. The molecular formula is C12H18F3NS. The van der Waals surface area contributed by atoms with Crippen LogP contribution in [0.5, 0.6) is 0 Å². The Morgan fingerprint density at radius 2 is 2.18 bits per heavy atom. The largest absolute Gasteiger partial charge is 0.389 e. The van der Waals surface area contributed by atoms with E-state index in [1.807, 2.05) is 23.8 Å². The third kappa shape index (κ3) is 6.68. The van der Waals surface area contributed by atoms with Crippen molar-refractivity contribution in [2.45, 2.75) is 44.8 Å². The Balaban J connectivity index is 2.42. The second-order valence-corrected chi connectivity index (χ2v) is 4.92. The summed E-state index contributed by atoms with van der Waals surface area (Å²) in [5, 5.41) is 7.13. The van der Waals surface area contributed by atoms with Crippen LogP contribution in [-0.2, 0) is 6.42 Å². The van der Waals surface area contributed by atoms with E-state index in [-0.39, 0.29) is 12.5 Å². The summed E-state index contributed by atoms with van der Waals surface area (Å²) in [5.74, 6) is 0. The predicted molar refractivity (Wildman–Crippen MR) is 65.4 cm³/mol. The molecule has 0 saturated carbocycles. The van der Waals surface area contributed by atoms with Gasteiger partial charge in [-0.05, 0) is 48.2 Å². The SMILES string of the molecule is CCCNC(CCC(F)(F)F)Cc1ccsc1. The van der Waals surface area contributed by atoms with Gasteiger partial charge in [0.1, 0.15) is 0 Å². The van der Waals surface area contributed by atoms with Gasteiger partial charge in [-0.15, -0.1) is 0 Å². The van der Waals surface area contributed by atoms with Gasteiger partial charge in [-0.2, -0.15) is 24.5 Å².